The zero-order valence-corrected chi connectivity index (χ0v) is 24.2. The Kier molecular flexibility index (Phi) is 7.37. The summed E-state index contributed by atoms with van der Waals surface area (Å²) in [6.45, 7) is 12.5. The molecular formula is C30H36N4O4S. The number of carbonyl (C=O) groups is 2. The molecule has 0 saturated carbocycles. The van der Waals surface area contributed by atoms with Crippen LogP contribution in [0.25, 0.3) is 5.69 Å². The van der Waals surface area contributed by atoms with Crippen molar-refractivity contribution in [3.05, 3.63) is 64.8 Å². The molecule has 0 aliphatic carbocycles. The summed E-state index contributed by atoms with van der Waals surface area (Å²) < 4.78 is 13.1. The molecule has 0 fully saturated rings. The van der Waals surface area contributed by atoms with E-state index in [0.717, 1.165) is 34.5 Å². The number of anilines is 1. The molecule has 3 heterocycles. The average molecular weight is 549 g/mol. The van der Waals surface area contributed by atoms with E-state index in [-0.39, 0.29) is 47.6 Å². The Morgan fingerprint density at radius 3 is 2.67 bits per heavy atom. The summed E-state index contributed by atoms with van der Waals surface area (Å²) in [7, 11) is 0. The van der Waals surface area contributed by atoms with Crippen LogP contribution in [0.5, 0.6) is 11.5 Å². The summed E-state index contributed by atoms with van der Waals surface area (Å²) in [4.78, 5) is 28.6. The highest BCUT2D eigenvalue weighted by molar-refractivity contribution is 8.00. The molecule has 0 saturated heterocycles. The second kappa shape index (κ2) is 10.6. The van der Waals surface area contributed by atoms with Crippen LogP contribution in [-0.2, 0) is 15.0 Å². The summed E-state index contributed by atoms with van der Waals surface area (Å²) in [6.07, 6.45) is 0.808. The van der Waals surface area contributed by atoms with Gasteiger partial charge in [0, 0.05) is 17.0 Å². The maximum Gasteiger partial charge on any atom is 0.240 e. The van der Waals surface area contributed by atoms with Crippen LogP contribution in [0.4, 0.5) is 5.82 Å². The average Bonchev–Trinajstić information content (AvgIpc) is 3.49. The van der Waals surface area contributed by atoms with Gasteiger partial charge in [0.25, 0.3) is 0 Å². The number of aryl methyl sites for hydroxylation is 1. The van der Waals surface area contributed by atoms with Crippen molar-refractivity contribution in [3.63, 3.8) is 0 Å². The molecule has 0 bridgehead atoms. The topological polar surface area (TPSA) is 85.7 Å². The minimum absolute atomic E-state index is 0.0154. The lowest BCUT2D eigenvalue weighted by Gasteiger charge is -2.25. The van der Waals surface area contributed by atoms with Gasteiger partial charge in [0.1, 0.15) is 12.4 Å². The maximum atomic E-state index is 13.8. The number of aromatic nitrogens is 2. The number of hydrogen-bond acceptors (Lipinski definition) is 6. The van der Waals surface area contributed by atoms with Crippen molar-refractivity contribution in [2.45, 2.75) is 64.7 Å². The first-order valence-electron chi connectivity index (χ1n) is 13.4. The van der Waals surface area contributed by atoms with E-state index in [2.05, 4.69) is 32.2 Å². The minimum Gasteiger partial charge on any atom is -0.454 e. The van der Waals surface area contributed by atoms with Gasteiger partial charge in [-0.1, -0.05) is 45.9 Å². The lowest BCUT2D eigenvalue weighted by atomic mass is 9.87. The number of amides is 2. The molecule has 39 heavy (non-hydrogen) atoms. The summed E-state index contributed by atoms with van der Waals surface area (Å²) in [5.41, 5.74) is 4.42. The quantitative estimate of drug-likeness (QED) is 0.451. The fraction of sp³-hybridized carbons (Fsp3) is 0.433. The zero-order chi connectivity index (χ0) is 27.9. The van der Waals surface area contributed by atoms with Gasteiger partial charge in [0.05, 0.1) is 22.4 Å². The van der Waals surface area contributed by atoms with E-state index in [9.17, 15) is 9.59 Å². The molecule has 2 unspecified atom stereocenters. The normalized spacial score (nSPS) is 17.5. The molecule has 2 aromatic carbocycles. The van der Waals surface area contributed by atoms with Gasteiger partial charge in [-0.2, -0.15) is 5.10 Å². The van der Waals surface area contributed by atoms with Crippen LogP contribution < -0.4 is 19.7 Å². The highest BCUT2D eigenvalue weighted by Crippen LogP contribution is 2.49. The smallest absolute Gasteiger partial charge is 0.240 e. The van der Waals surface area contributed by atoms with Crippen molar-refractivity contribution in [2.75, 3.05) is 24.0 Å². The van der Waals surface area contributed by atoms with Crippen molar-refractivity contribution >= 4 is 29.4 Å². The number of thioether (sulfide) groups is 1. The van der Waals surface area contributed by atoms with Gasteiger partial charge in [0.2, 0.25) is 18.6 Å². The van der Waals surface area contributed by atoms with Crippen LogP contribution in [0.1, 0.15) is 68.7 Å². The van der Waals surface area contributed by atoms with Crippen LogP contribution in [-0.4, -0.2) is 46.7 Å². The predicted octanol–water partition coefficient (Wildman–Crippen LogP) is 5.29. The Morgan fingerprint density at radius 1 is 1.18 bits per heavy atom. The molecule has 5 rings (SSSR count). The first-order chi connectivity index (χ1) is 18.6. The molecule has 9 heteroatoms. The molecule has 2 atom stereocenters. The van der Waals surface area contributed by atoms with Gasteiger partial charge in [-0.25, -0.2) is 4.68 Å². The second-order valence-corrected chi connectivity index (χ2v) is 12.3. The monoisotopic (exact) mass is 548 g/mol. The lowest BCUT2D eigenvalue weighted by molar-refractivity contribution is -0.123. The molecular weight excluding hydrogens is 512 g/mol. The van der Waals surface area contributed by atoms with E-state index in [1.807, 2.05) is 61.9 Å². The Morgan fingerprint density at radius 2 is 1.95 bits per heavy atom. The number of benzene rings is 2. The van der Waals surface area contributed by atoms with Crippen molar-refractivity contribution in [2.24, 2.45) is 0 Å². The Hall–Kier alpha value is -3.46. The number of nitrogens with one attached hydrogen (secondary N) is 1. The number of ether oxygens (including phenoxy) is 2. The third kappa shape index (κ3) is 5.37. The van der Waals surface area contributed by atoms with E-state index in [4.69, 9.17) is 14.6 Å². The van der Waals surface area contributed by atoms with Gasteiger partial charge >= 0.3 is 0 Å². The first kappa shape index (κ1) is 27.1. The largest absolute Gasteiger partial charge is 0.454 e. The molecule has 2 aliphatic rings. The van der Waals surface area contributed by atoms with Gasteiger partial charge in [-0.05, 0) is 55.7 Å². The number of fused-ring (bicyclic) bond motifs is 2. The number of nitrogens with zero attached hydrogens (tertiary/aromatic N) is 3. The molecule has 206 valence electrons. The third-order valence-corrected chi connectivity index (χ3v) is 8.32. The van der Waals surface area contributed by atoms with Crippen molar-refractivity contribution in [3.8, 4) is 17.2 Å². The van der Waals surface area contributed by atoms with E-state index in [1.165, 1.54) is 0 Å². The lowest BCUT2D eigenvalue weighted by Crippen LogP contribution is -2.44. The number of carbonyl (C=O) groups excluding carboxylic acids is 2. The minimum atomic E-state index is -0.327. The van der Waals surface area contributed by atoms with E-state index < -0.39 is 0 Å². The molecule has 1 aromatic heterocycles. The SMILES string of the molecule is CCC(C)NC(=O)CN1C(=O)CSC(c2ccc3c(c2)OCO3)c2c(C(C)(C)C)nn(-c3cccc(C)c3)c21. The standard InChI is InChI=1S/C30H36N4O4S/c1-7-19(3)31-24(35)15-33-25(36)16-39-27(20-11-12-22-23(14-20)38-17-37-22)26-28(30(4,5)6)32-34(29(26)33)21-10-8-9-18(2)13-21/h8-14,19,27H,7,15-17H2,1-6H3,(H,31,35). The van der Waals surface area contributed by atoms with Gasteiger partial charge in [0.15, 0.2) is 11.5 Å². The van der Waals surface area contributed by atoms with E-state index >= 15 is 0 Å². The number of hydrogen-bond donors (Lipinski definition) is 1. The van der Waals surface area contributed by atoms with Crippen LogP contribution in [0.15, 0.2) is 42.5 Å². The van der Waals surface area contributed by atoms with Crippen LogP contribution >= 0.6 is 11.8 Å². The summed E-state index contributed by atoms with van der Waals surface area (Å²) in [5.74, 6) is 1.95. The van der Waals surface area contributed by atoms with E-state index in [0.29, 0.717) is 17.3 Å². The fourth-order valence-electron chi connectivity index (χ4n) is 4.92. The highest BCUT2D eigenvalue weighted by Gasteiger charge is 2.40. The second-order valence-electron chi connectivity index (χ2n) is 11.2. The highest BCUT2D eigenvalue weighted by atomic mass is 32.2. The molecule has 0 radical (unpaired) electrons. The molecule has 8 nitrogen and oxygen atoms in total. The Bertz CT molecular complexity index is 1410. The predicted molar refractivity (Wildman–Crippen MR) is 154 cm³/mol. The molecule has 0 spiro atoms. The molecule has 3 aromatic rings. The van der Waals surface area contributed by atoms with Crippen LogP contribution in [0.2, 0.25) is 0 Å². The van der Waals surface area contributed by atoms with Gasteiger partial charge < -0.3 is 14.8 Å². The molecule has 1 N–H and O–H groups in total. The fourth-order valence-corrected chi connectivity index (χ4v) is 6.11. The summed E-state index contributed by atoms with van der Waals surface area (Å²) in [5, 5.41) is 7.98. The summed E-state index contributed by atoms with van der Waals surface area (Å²) >= 11 is 1.55. The Balaban J connectivity index is 1.74. The number of rotatable bonds is 6. The van der Waals surface area contributed by atoms with Gasteiger partial charge in [-0.15, -0.1) is 11.8 Å². The molecule has 2 amide bonds. The Labute approximate surface area is 234 Å². The van der Waals surface area contributed by atoms with Crippen LogP contribution in [0, 0.1) is 6.92 Å². The van der Waals surface area contributed by atoms with Crippen molar-refractivity contribution in [1.82, 2.24) is 15.1 Å². The third-order valence-electron chi connectivity index (χ3n) is 7.07. The summed E-state index contributed by atoms with van der Waals surface area (Å²) in [6, 6.07) is 14.0. The van der Waals surface area contributed by atoms with E-state index in [1.54, 1.807) is 16.7 Å². The molecule has 2 aliphatic heterocycles. The maximum absolute atomic E-state index is 13.8. The van der Waals surface area contributed by atoms with Crippen LogP contribution in [0.3, 0.4) is 0 Å². The van der Waals surface area contributed by atoms with Gasteiger partial charge in [-0.3, -0.25) is 14.5 Å². The van der Waals surface area contributed by atoms with Crippen molar-refractivity contribution in [1.29, 1.82) is 0 Å². The zero-order valence-electron chi connectivity index (χ0n) is 23.4. The van der Waals surface area contributed by atoms with Crippen molar-refractivity contribution < 1.29 is 19.1 Å². The first-order valence-corrected chi connectivity index (χ1v) is 14.4.